The Labute approximate surface area is 133 Å². The van der Waals surface area contributed by atoms with E-state index in [1.165, 1.54) is 5.56 Å². The predicted molar refractivity (Wildman–Crippen MR) is 87.4 cm³/mol. The predicted octanol–water partition coefficient (Wildman–Crippen LogP) is 3.91. The molecule has 1 atom stereocenters. The van der Waals surface area contributed by atoms with Gasteiger partial charge in [0.05, 0.1) is 12.6 Å². The van der Waals surface area contributed by atoms with Gasteiger partial charge in [-0.1, -0.05) is 0 Å². The summed E-state index contributed by atoms with van der Waals surface area (Å²) in [7, 11) is 0. The fourth-order valence-electron chi connectivity index (χ4n) is 2.75. The molecule has 1 aliphatic rings. The highest BCUT2D eigenvalue weighted by Crippen LogP contribution is 2.34. The maximum Gasteiger partial charge on any atom is 0.322 e. The lowest BCUT2D eigenvalue weighted by atomic mass is 10.1. The molecular formula is C16H19N3O2S. The average molecular weight is 317 g/mol. The van der Waals surface area contributed by atoms with Crippen molar-refractivity contribution in [3.8, 4) is 5.88 Å². The minimum Gasteiger partial charge on any atom is -0.476 e. The molecular weight excluding hydrogens is 298 g/mol. The second kappa shape index (κ2) is 6.79. The van der Waals surface area contributed by atoms with E-state index < -0.39 is 0 Å². The van der Waals surface area contributed by atoms with Gasteiger partial charge in [0.1, 0.15) is 5.69 Å². The first-order valence-corrected chi connectivity index (χ1v) is 8.41. The van der Waals surface area contributed by atoms with Gasteiger partial charge >= 0.3 is 6.03 Å². The van der Waals surface area contributed by atoms with E-state index in [1.807, 2.05) is 17.9 Å². The summed E-state index contributed by atoms with van der Waals surface area (Å²) in [5.41, 5.74) is 1.83. The first-order chi connectivity index (χ1) is 10.8. The van der Waals surface area contributed by atoms with Crippen molar-refractivity contribution in [3.05, 3.63) is 40.7 Å². The topological polar surface area (TPSA) is 54.5 Å². The van der Waals surface area contributed by atoms with Crippen molar-refractivity contribution >= 4 is 23.1 Å². The highest BCUT2D eigenvalue weighted by atomic mass is 32.1. The molecule has 1 fully saturated rings. The number of rotatable bonds is 4. The number of urea groups is 1. The molecule has 0 bridgehead atoms. The van der Waals surface area contributed by atoms with Gasteiger partial charge in [-0.2, -0.15) is 11.3 Å². The van der Waals surface area contributed by atoms with E-state index in [1.54, 1.807) is 23.6 Å². The van der Waals surface area contributed by atoms with Crippen molar-refractivity contribution < 1.29 is 9.53 Å². The molecule has 2 amide bonds. The zero-order valence-corrected chi connectivity index (χ0v) is 13.3. The molecule has 22 heavy (non-hydrogen) atoms. The normalized spacial score (nSPS) is 17.5. The van der Waals surface area contributed by atoms with Crippen LogP contribution in [0, 0.1) is 0 Å². The van der Waals surface area contributed by atoms with Gasteiger partial charge in [0.15, 0.2) is 0 Å². The van der Waals surface area contributed by atoms with Crippen LogP contribution in [0.4, 0.5) is 10.5 Å². The Bertz CT molecular complexity index is 630. The van der Waals surface area contributed by atoms with Crippen molar-refractivity contribution in [1.29, 1.82) is 0 Å². The Morgan fingerprint density at radius 1 is 1.55 bits per heavy atom. The quantitative estimate of drug-likeness (QED) is 0.930. The zero-order chi connectivity index (χ0) is 15.4. The first-order valence-electron chi connectivity index (χ1n) is 7.47. The fraction of sp³-hybridized carbons (Fsp3) is 0.375. The van der Waals surface area contributed by atoms with Crippen molar-refractivity contribution in [2.45, 2.75) is 25.8 Å². The summed E-state index contributed by atoms with van der Waals surface area (Å²) >= 11 is 1.66. The Hall–Kier alpha value is -2.08. The monoisotopic (exact) mass is 317 g/mol. The van der Waals surface area contributed by atoms with E-state index >= 15 is 0 Å². The first kappa shape index (κ1) is 14.8. The van der Waals surface area contributed by atoms with E-state index in [-0.39, 0.29) is 12.1 Å². The van der Waals surface area contributed by atoms with E-state index in [4.69, 9.17) is 4.74 Å². The molecule has 1 N–H and O–H groups in total. The molecule has 2 aromatic heterocycles. The lowest BCUT2D eigenvalue weighted by Gasteiger charge is -2.24. The minimum absolute atomic E-state index is 0.0948. The summed E-state index contributed by atoms with van der Waals surface area (Å²) < 4.78 is 5.46. The number of nitrogens with zero attached hydrogens (tertiary/aromatic N) is 2. The lowest BCUT2D eigenvalue weighted by Crippen LogP contribution is -2.34. The summed E-state index contributed by atoms with van der Waals surface area (Å²) in [4.78, 5) is 18.7. The van der Waals surface area contributed by atoms with Gasteiger partial charge in [0.25, 0.3) is 0 Å². The van der Waals surface area contributed by atoms with Crippen LogP contribution in [-0.4, -0.2) is 29.1 Å². The molecule has 116 valence electrons. The number of hydrogen-bond acceptors (Lipinski definition) is 4. The smallest absolute Gasteiger partial charge is 0.322 e. The summed E-state index contributed by atoms with van der Waals surface area (Å²) in [6.45, 7) is 3.19. The van der Waals surface area contributed by atoms with E-state index in [2.05, 4.69) is 27.1 Å². The molecule has 1 saturated heterocycles. The fourth-order valence-corrected chi connectivity index (χ4v) is 3.45. The van der Waals surface area contributed by atoms with Crippen LogP contribution in [0.25, 0.3) is 0 Å². The summed E-state index contributed by atoms with van der Waals surface area (Å²) in [5, 5.41) is 7.10. The van der Waals surface area contributed by atoms with Crippen LogP contribution in [0.15, 0.2) is 35.2 Å². The number of ether oxygens (including phenoxy) is 1. The average Bonchev–Trinajstić information content (AvgIpc) is 3.20. The maximum absolute atomic E-state index is 12.6. The summed E-state index contributed by atoms with van der Waals surface area (Å²) in [5.74, 6) is 0.463. The van der Waals surface area contributed by atoms with Crippen LogP contribution < -0.4 is 10.1 Å². The molecule has 3 rings (SSSR count). The summed E-state index contributed by atoms with van der Waals surface area (Å²) in [6.07, 6.45) is 3.69. The number of carbonyl (C=O) groups is 1. The third-order valence-corrected chi connectivity index (χ3v) is 4.44. The van der Waals surface area contributed by atoms with Crippen LogP contribution in [0.3, 0.4) is 0 Å². The van der Waals surface area contributed by atoms with Gasteiger partial charge in [-0.3, -0.25) is 0 Å². The summed E-state index contributed by atoms with van der Waals surface area (Å²) in [6, 6.07) is 5.77. The van der Waals surface area contributed by atoms with Crippen LogP contribution in [0.5, 0.6) is 5.88 Å². The SMILES string of the molecule is CCOc1ncccc1NC(=O)N1CCC[C@H]1c1ccsc1. The maximum atomic E-state index is 12.6. The largest absolute Gasteiger partial charge is 0.476 e. The minimum atomic E-state index is -0.0948. The second-order valence-corrected chi connectivity index (χ2v) is 5.91. The van der Waals surface area contributed by atoms with Gasteiger partial charge in [-0.25, -0.2) is 9.78 Å². The number of anilines is 1. The van der Waals surface area contributed by atoms with Gasteiger partial charge in [-0.05, 0) is 54.3 Å². The van der Waals surface area contributed by atoms with Crippen molar-refractivity contribution in [3.63, 3.8) is 0 Å². The van der Waals surface area contributed by atoms with Crippen LogP contribution >= 0.6 is 11.3 Å². The highest BCUT2D eigenvalue weighted by molar-refractivity contribution is 7.07. The Kier molecular flexibility index (Phi) is 4.58. The van der Waals surface area contributed by atoms with E-state index in [0.717, 1.165) is 19.4 Å². The number of aromatic nitrogens is 1. The van der Waals surface area contributed by atoms with Crippen molar-refractivity contribution in [2.75, 3.05) is 18.5 Å². The highest BCUT2D eigenvalue weighted by Gasteiger charge is 2.30. The third kappa shape index (κ3) is 3.06. The van der Waals surface area contributed by atoms with Crippen molar-refractivity contribution in [2.24, 2.45) is 0 Å². The lowest BCUT2D eigenvalue weighted by molar-refractivity contribution is 0.207. The van der Waals surface area contributed by atoms with Gasteiger partial charge in [0.2, 0.25) is 5.88 Å². The Morgan fingerprint density at radius 3 is 3.23 bits per heavy atom. The molecule has 0 spiro atoms. The number of thiophene rings is 1. The van der Waals surface area contributed by atoms with Gasteiger partial charge < -0.3 is 15.0 Å². The Morgan fingerprint density at radius 2 is 2.45 bits per heavy atom. The third-order valence-electron chi connectivity index (χ3n) is 3.74. The number of hydrogen-bond donors (Lipinski definition) is 1. The molecule has 3 heterocycles. The molecule has 5 nitrogen and oxygen atoms in total. The molecule has 2 aromatic rings. The molecule has 0 unspecified atom stereocenters. The van der Waals surface area contributed by atoms with Crippen LogP contribution in [0.1, 0.15) is 31.4 Å². The van der Waals surface area contributed by atoms with Gasteiger partial charge in [-0.15, -0.1) is 0 Å². The number of likely N-dealkylation sites (tertiary alicyclic amines) is 1. The Balaban J connectivity index is 1.74. The van der Waals surface area contributed by atoms with Crippen LogP contribution in [0.2, 0.25) is 0 Å². The molecule has 1 aliphatic heterocycles. The standard InChI is InChI=1S/C16H19N3O2S/c1-2-21-15-13(5-3-8-17-15)18-16(20)19-9-4-6-14(19)12-7-10-22-11-12/h3,5,7-8,10-11,14H,2,4,6,9H2,1H3,(H,18,20)/t14-/m0/s1. The molecule has 0 radical (unpaired) electrons. The zero-order valence-electron chi connectivity index (χ0n) is 12.5. The van der Waals surface area contributed by atoms with Crippen LogP contribution in [-0.2, 0) is 0 Å². The number of pyridine rings is 1. The second-order valence-electron chi connectivity index (χ2n) is 5.13. The van der Waals surface area contributed by atoms with Gasteiger partial charge in [0, 0.05) is 12.7 Å². The molecule has 6 heteroatoms. The molecule has 0 aromatic carbocycles. The number of carbonyl (C=O) groups excluding carboxylic acids is 1. The molecule has 0 aliphatic carbocycles. The van der Waals surface area contributed by atoms with E-state index in [9.17, 15) is 4.79 Å². The molecule has 0 saturated carbocycles. The number of amides is 2. The van der Waals surface area contributed by atoms with Crippen molar-refractivity contribution in [1.82, 2.24) is 9.88 Å². The number of nitrogens with one attached hydrogen (secondary N) is 1. The van der Waals surface area contributed by atoms with E-state index in [0.29, 0.717) is 18.2 Å².